The molecule has 0 aliphatic carbocycles. The molecule has 3 rings (SSSR count). The number of hydrogen-bond acceptors (Lipinski definition) is 5. The molecule has 3 N–H and O–H groups in total. The molecule has 0 unspecified atom stereocenters. The molecule has 0 spiro atoms. The predicted octanol–water partition coefficient (Wildman–Crippen LogP) is 3.06. The molecule has 1 amide bonds. The lowest BCUT2D eigenvalue weighted by Gasteiger charge is -2.12. The maximum Gasteiger partial charge on any atom is 0.237 e. The van der Waals surface area contributed by atoms with Crippen LogP contribution in [0.3, 0.4) is 0 Å². The molecule has 0 aliphatic rings. The monoisotopic (exact) mass is 375 g/mol. The van der Waals surface area contributed by atoms with E-state index in [1.54, 1.807) is 13.0 Å². The number of carbonyl (C=O) groups is 1. The number of benzene rings is 2. The van der Waals surface area contributed by atoms with E-state index < -0.39 is 17.0 Å². The van der Waals surface area contributed by atoms with Crippen molar-refractivity contribution in [1.29, 1.82) is 0 Å². The molecule has 134 valence electrons. The van der Waals surface area contributed by atoms with Crippen LogP contribution in [0.5, 0.6) is 0 Å². The first kappa shape index (κ1) is 17.9. The summed E-state index contributed by atoms with van der Waals surface area (Å²) in [5.74, 6) is 5.04. The summed E-state index contributed by atoms with van der Waals surface area (Å²) in [5.41, 5.74) is 0.697. The van der Waals surface area contributed by atoms with E-state index in [0.29, 0.717) is 16.5 Å². The van der Waals surface area contributed by atoms with E-state index in [1.165, 1.54) is 47.1 Å². The summed E-state index contributed by atoms with van der Waals surface area (Å²) in [6.07, 6.45) is 0. The van der Waals surface area contributed by atoms with Gasteiger partial charge in [-0.2, -0.15) is 0 Å². The maximum atomic E-state index is 13.6. The van der Waals surface area contributed by atoms with Gasteiger partial charge in [-0.25, -0.2) is 13.5 Å². The number of thioether (sulfide) groups is 1. The van der Waals surface area contributed by atoms with Crippen molar-refractivity contribution in [3.63, 3.8) is 0 Å². The number of carbonyl (C=O) groups excluding carboxylic acids is 1. The number of halogens is 2. The molecule has 2 aromatic carbocycles. The lowest BCUT2D eigenvalue weighted by Crippen LogP contribution is -2.24. The highest BCUT2D eigenvalue weighted by Crippen LogP contribution is 2.26. The summed E-state index contributed by atoms with van der Waals surface area (Å²) in [7, 11) is 0. The number of nitrogens with two attached hydrogens (primary N) is 1. The zero-order valence-corrected chi connectivity index (χ0v) is 14.5. The summed E-state index contributed by atoms with van der Waals surface area (Å²) >= 11 is 1.08. The van der Waals surface area contributed by atoms with Crippen molar-refractivity contribution in [1.82, 2.24) is 14.9 Å². The molecule has 0 aliphatic heterocycles. The maximum absolute atomic E-state index is 13.6. The zero-order valence-electron chi connectivity index (χ0n) is 13.7. The van der Waals surface area contributed by atoms with Gasteiger partial charge in [-0.05, 0) is 43.3 Å². The third-order valence-electron chi connectivity index (χ3n) is 3.55. The summed E-state index contributed by atoms with van der Waals surface area (Å²) < 4.78 is 27.9. The Bertz CT molecular complexity index is 929. The van der Waals surface area contributed by atoms with Gasteiger partial charge in [0.05, 0.1) is 10.9 Å². The van der Waals surface area contributed by atoms with E-state index in [9.17, 15) is 13.6 Å². The number of para-hydroxylation sites is 1. The van der Waals surface area contributed by atoms with Crippen molar-refractivity contribution in [3.8, 4) is 11.4 Å². The van der Waals surface area contributed by atoms with E-state index in [1.807, 2.05) is 0 Å². The number of hydrogen-bond donors (Lipinski definition) is 2. The number of rotatable bonds is 5. The third kappa shape index (κ3) is 3.83. The summed E-state index contributed by atoms with van der Waals surface area (Å²) in [4.78, 5) is 12.3. The summed E-state index contributed by atoms with van der Waals surface area (Å²) in [6, 6.07) is 11.6. The molecule has 1 heterocycles. The number of nitrogens with zero attached hydrogens (tertiary/aromatic N) is 3. The van der Waals surface area contributed by atoms with Gasteiger partial charge >= 0.3 is 0 Å². The van der Waals surface area contributed by atoms with Crippen molar-refractivity contribution in [3.05, 3.63) is 60.2 Å². The van der Waals surface area contributed by atoms with E-state index in [0.717, 1.165) is 11.8 Å². The van der Waals surface area contributed by atoms with Gasteiger partial charge in [-0.3, -0.25) is 4.79 Å². The molecule has 3 aromatic rings. The SMILES string of the molecule is C[C@@H](Sc1nnc(-c2ccc(F)cc2)n1N)C(=O)Nc1ccccc1F. The Kier molecular flexibility index (Phi) is 5.17. The number of anilines is 1. The molecule has 6 nitrogen and oxygen atoms in total. The van der Waals surface area contributed by atoms with Crippen molar-refractivity contribution in [2.45, 2.75) is 17.3 Å². The van der Waals surface area contributed by atoms with Crippen LogP contribution in [0.2, 0.25) is 0 Å². The van der Waals surface area contributed by atoms with Gasteiger partial charge in [-0.1, -0.05) is 23.9 Å². The Morgan fingerprint density at radius 2 is 1.85 bits per heavy atom. The minimum absolute atomic E-state index is 0.103. The fourth-order valence-corrected chi connectivity index (χ4v) is 2.93. The van der Waals surface area contributed by atoms with E-state index in [-0.39, 0.29) is 11.5 Å². The second kappa shape index (κ2) is 7.52. The Labute approximate surface area is 152 Å². The molecular formula is C17H15F2N5OS. The smallest absolute Gasteiger partial charge is 0.237 e. The molecule has 0 radical (unpaired) electrons. The topological polar surface area (TPSA) is 85.8 Å². The summed E-state index contributed by atoms with van der Waals surface area (Å²) in [5, 5.41) is 10.2. The minimum Gasteiger partial charge on any atom is -0.335 e. The molecule has 9 heteroatoms. The van der Waals surface area contributed by atoms with Gasteiger partial charge in [0, 0.05) is 5.56 Å². The van der Waals surface area contributed by atoms with Gasteiger partial charge in [0.2, 0.25) is 11.1 Å². The lowest BCUT2D eigenvalue weighted by atomic mass is 10.2. The highest BCUT2D eigenvalue weighted by molar-refractivity contribution is 8.00. The second-order valence-electron chi connectivity index (χ2n) is 5.41. The van der Waals surface area contributed by atoms with Gasteiger partial charge < -0.3 is 11.2 Å². The van der Waals surface area contributed by atoms with E-state index in [4.69, 9.17) is 5.84 Å². The molecular weight excluding hydrogens is 360 g/mol. The Morgan fingerprint density at radius 3 is 2.54 bits per heavy atom. The van der Waals surface area contributed by atoms with Crippen LogP contribution >= 0.6 is 11.8 Å². The average molecular weight is 375 g/mol. The van der Waals surface area contributed by atoms with Crippen LogP contribution in [0.25, 0.3) is 11.4 Å². The highest BCUT2D eigenvalue weighted by Gasteiger charge is 2.20. The second-order valence-corrected chi connectivity index (χ2v) is 6.72. The van der Waals surface area contributed by atoms with E-state index >= 15 is 0 Å². The molecule has 1 aromatic heterocycles. The van der Waals surface area contributed by atoms with E-state index in [2.05, 4.69) is 15.5 Å². The zero-order chi connectivity index (χ0) is 18.7. The number of nitrogens with one attached hydrogen (secondary N) is 1. The normalized spacial score (nSPS) is 12.0. The molecule has 0 saturated heterocycles. The molecule has 26 heavy (non-hydrogen) atoms. The van der Waals surface area contributed by atoms with Crippen molar-refractivity contribution in [2.75, 3.05) is 11.2 Å². The standard InChI is InChI=1S/C17H15F2N5OS/c1-10(16(25)21-14-5-3-2-4-13(14)19)26-17-23-22-15(24(17)20)11-6-8-12(18)9-7-11/h2-10H,20H2,1H3,(H,21,25)/t10-/m1/s1. The molecule has 0 bridgehead atoms. The predicted molar refractivity (Wildman–Crippen MR) is 95.9 cm³/mol. The first-order valence-corrected chi connectivity index (χ1v) is 8.52. The number of amides is 1. The fourth-order valence-electron chi connectivity index (χ4n) is 2.16. The van der Waals surface area contributed by atoms with Gasteiger partial charge in [0.15, 0.2) is 5.82 Å². The first-order chi connectivity index (χ1) is 12.5. The highest BCUT2D eigenvalue weighted by atomic mass is 32.2. The van der Waals surface area contributed by atoms with Crippen LogP contribution in [-0.4, -0.2) is 26.0 Å². The van der Waals surface area contributed by atoms with Gasteiger partial charge in [0.1, 0.15) is 11.6 Å². The first-order valence-electron chi connectivity index (χ1n) is 7.64. The Hall–Kier alpha value is -2.94. The quantitative estimate of drug-likeness (QED) is 0.529. The molecule has 0 fully saturated rings. The number of aromatic nitrogens is 3. The largest absolute Gasteiger partial charge is 0.335 e. The lowest BCUT2D eigenvalue weighted by molar-refractivity contribution is -0.115. The van der Waals surface area contributed by atoms with Crippen LogP contribution in [-0.2, 0) is 4.79 Å². The van der Waals surface area contributed by atoms with Crippen molar-refractivity contribution < 1.29 is 13.6 Å². The Morgan fingerprint density at radius 1 is 1.15 bits per heavy atom. The van der Waals surface area contributed by atoms with Crippen LogP contribution in [0.4, 0.5) is 14.5 Å². The van der Waals surface area contributed by atoms with Crippen molar-refractivity contribution >= 4 is 23.4 Å². The van der Waals surface area contributed by atoms with Gasteiger partial charge in [-0.15, -0.1) is 10.2 Å². The number of nitrogen functional groups attached to an aromatic ring is 1. The minimum atomic E-state index is -0.595. The van der Waals surface area contributed by atoms with Crippen molar-refractivity contribution in [2.24, 2.45) is 0 Å². The Balaban J connectivity index is 1.71. The third-order valence-corrected chi connectivity index (χ3v) is 4.61. The average Bonchev–Trinajstić information content (AvgIpc) is 2.98. The fraction of sp³-hybridized carbons (Fsp3) is 0.118. The van der Waals surface area contributed by atoms with Gasteiger partial charge in [0.25, 0.3) is 0 Å². The van der Waals surface area contributed by atoms with Crippen LogP contribution in [0.15, 0.2) is 53.7 Å². The molecule has 0 saturated carbocycles. The summed E-state index contributed by atoms with van der Waals surface area (Å²) in [6.45, 7) is 1.65. The van der Waals surface area contributed by atoms with Crippen LogP contribution in [0.1, 0.15) is 6.92 Å². The van der Waals surface area contributed by atoms with Crippen LogP contribution < -0.4 is 11.2 Å². The molecule has 1 atom stereocenters. The van der Waals surface area contributed by atoms with Crippen LogP contribution in [0, 0.1) is 11.6 Å².